The zero-order chi connectivity index (χ0) is 24.1. The molecule has 0 saturated carbocycles. The van der Waals surface area contributed by atoms with Gasteiger partial charge < -0.3 is 16.8 Å². The molecule has 1 heterocycles. The van der Waals surface area contributed by atoms with Crippen LogP contribution in [-0.4, -0.2) is 18.3 Å². The van der Waals surface area contributed by atoms with E-state index in [2.05, 4.69) is 5.32 Å². The van der Waals surface area contributed by atoms with E-state index in [0.29, 0.717) is 23.5 Å². The Hall–Kier alpha value is -4.14. The lowest BCUT2D eigenvalue weighted by Crippen LogP contribution is -2.10. The van der Waals surface area contributed by atoms with E-state index in [9.17, 15) is 13.2 Å². The Kier molecular flexibility index (Phi) is 6.62. The molecule has 0 unspecified atom stereocenters. The molecule has 34 heavy (non-hydrogen) atoms. The third kappa shape index (κ3) is 5.09. The second kappa shape index (κ2) is 9.78. The lowest BCUT2D eigenvalue weighted by molar-refractivity contribution is -0.111. The number of benzene rings is 3. The monoisotopic (exact) mass is 472 g/mol. The van der Waals surface area contributed by atoms with E-state index in [1.807, 2.05) is 24.3 Å². The predicted molar refractivity (Wildman–Crippen MR) is 135 cm³/mol. The van der Waals surface area contributed by atoms with Crippen LogP contribution in [0.3, 0.4) is 0 Å². The maximum absolute atomic E-state index is 13.0. The summed E-state index contributed by atoms with van der Waals surface area (Å²) in [6, 6.07) is 23.1. The fourth-order valence-electron chi connectivity index (χ4n) is 3.37. The van der Waals surface area contributed by atoms with E-state index in [-0.39, 0.29) is 10.8 Å². The van der Waals surface area contributed by atoms with E-state index in [1.54, 1.807) is 54.6 Å². The van der Waals surface area contributed by atoms with Crippen LogP contribution < -0.4 is 16.8 Å². The summed E-state index contributed by atoms with van der Waals surface area (Å²) in [7, 11) is -3.77. The van der Waals surface area contributed by atoms with Crippen molar-refractivity contribution >= 4 is 33.4 Å². The molecule has 5 N–H and O–H groups in total. The Balaban J connectivity index is 1.47. The normalized spacial score (nSPS) is 11.6. The molecule has 1 amide bonds. The molecule has 1 aromatic heterocycles. The van der Waals surface area contributed by atoms with Gasteiger partial charge in [-0.2, -0.15) is 0 Å². The highest BCUT2D eigenvalue weighted by Crippen LogP contribution is 2.23. The van der Waals surface area contributed by atoms with Gasteiger partial charge in [0.1, 0.15) is 0 Å². The quantitative estimate of drug-likeness (QED) is 0.276. The maximum Gasteiger partial charge on any atom is 0.267 e. The molecule has 172 valence electrons. The topological polar surface area (TPSA) is 120 Å². The highest BCUT2D eigenvalue weighted by Gasteiger charge is 2.16. The van der Waals surface area contributed by atoms with Crippen LogP contribution in [0.5, 0.6) is 0 Å². The SMILES string of the molecule is NCc1ccc(-c2ccc(S(=O)(=O)n3ccc(C=CC(=O)Nc4ccccc4N)c3)cc2)cc1. The third-order valence-electron chi connectivity index (χ3n) is 5.29. The first-order valence-electron chi connectivity index (χ1n) is 10.5. The molecule has 4 aromatic rings. The number of hydrogen-bond donors (Lipinski definition) is 3. The molecule has 0 atom stereocenters. The summed E-state index contributed by atoms with van der Waals surface area (Å²) in [5.74, 6) is -0.372. The molecule has 0 aliphatic carbocycles. The zero-order valence-corrected chi connectivity index (χ0v) is 19.1. The largest absolute Gasteiger partial charge is 0.397 e. The number of carbonyl (C=O) groups excluding carboxylic acids is 1. The first-order chi connectivity index (χ1) is 16.4. The van der Waals surface area contributed by atoms with Crippen molar-refractivity contribution in [2.24, 2.45) is 5.73 Å². The van der Waals surface area contributed by atoms with Crippen LogP contribution in [0.25, 0.3) is 17.2 Å². The molecule has 4 rings (SSSR count). The van der Waals surface area contributed by atoms with Gasteiger partial charge in [0.25, 0.3) is 10.0 Å². The van der Waals surface area contributed by atoms with Gasteiger partial charge in [0.05, 0.1) is 16.3 Å². The summed E-state index contributed by atoms with van der Waals surface area (Å²) < 4.78 is 27.2. The zero-order valence-electron chi connectivity index (χ0n) is 18.3. The second-order valence-electron chi connectivity index (χ2n) is 7.62. The van der Waals surface area contributed by atoms with Crippen molar-refractivity contribution in [3.8, 4) is 11.1 Å². The van der Waals surface area contributed by atoms with Crippen molar-refractivity contribution in [1.29, 1.82) is 0 Å². The van der Waals surface area contributed by atoms with E-state index < -0.39 is 10.0 Å². The number of rotatable bonds is 7. The molecular weight excluding hydrogens is 448 g/mol. The highest BCUT2D eigenvalue weighted by molar-refractivity contribution is 7.90. The Morgan fingerprint density at radius 1 is 0.912 bits per heavy atom. The van der Waals surface area contributed by atoms with Gasteiger partial charge >= 0.3 is 0 Å². The highest BCUT2D eigenvalue weighted by atomic mass is 32.2. The molecule has 7 nitrogen and oxygen atoms in total. The Morgan fingerprint density at radius 2 is 1.56 bits per heavy atom. The summed E-state index contributed by atoms with van der Waals surface area (Å²) in [6.07, 6.45) is 5.76. The molecule has 0 spiro atoms. The standard InChI is InChI=1S/C26H24N4O3S/c27-17-19-5-8-21(9-6-19)22-10-12-23(13-11-22)34(32,33)30-16-15-20(18-30)7-14-26(31)29-25-4-2-1-3-24(25)28/h1-16,18H,17,27-28H2,(H,29,31). The van der Waals surface area contributed by atoms with Gasteiger partial charge in [-0.3, -0.25) is 4.79 Å². The van der Waals surface area contributed by atoms with Gasteiger partial charge in [-0.1, -0.05) is 48.5 Å². The summed E-state index contributed by atoms with van der Waals surface area (Å²) in [4.78, 5) is 12.3. The Morgan fingerprint density at radius 3 is 2.21 bits per heavy atom. The molecule has 8 heteroatoms. The third-order valence-corrected chi connectivity index (χ3v) is 6.94. The predicted octanol–water partition coefficient (Wildman–Crippen LogP) is 4.08. The van der Waals surface area contributed by atoms with E-state index in [1.165, 1.54) is 24.5 Å². The van der Waals surface area contributed by atoms with Crippen molar-refractivity contribution in [3.05, 3.63) is 108 Å². The van der Waals surface area contributed by atoms with Gasteiger partial charge in [0, 0.05) is 25.0 Å². The Bertz CT molecular complexity index is 1440. The summed E-state index contributed by atoms with van der Waals surface area (Å²) in [6.45, 7) is 0.470. The van der Waals surface area contributed by atoms with Gasteiger partial charge in [-0.15, -0.1) is 0 Å². The van der Waals surface area contributed by atoms with Gasteiger partial charge in [0.2, 0.25) is 5.91 Å². The number of anilines is 2. The number of nitrogens with zero attached hydrogens (tertiary/aromatic N) is 1. The van der Waals surface area contributed by atoms with Crippen molar-refractivity contribution in [2.45, 2.75) is 11.4 Å². The first-order valence-corrected chi connectivity index (χ1v) is 12.0. The smallest absolute Gasteiger partial charge is 0.267 e. The molecule has 0 radical (unpaired) electrons. The average molecular weight is 473 g/mol. The number of nitrogens with one attached hydrogen (secondary N) is 1. The van der Waals surface area contributed by atoms with Crippen LogP contribution >= 0.6 is 0 Å². The minimum absolute atomic E-state index is 0.165. The summed E-state index contributed by atoms with van der Waals surface area (Å²) in [5, 5.41) is 2.69. The maximum atomic E-state index is 13.0. The van der Waals surface area contributed by atoms with Crippen LogP contribution in [0.2, 0.25) is 0 Å². The minimum Gasteiger partial charge on any atom is -0.397 e. The minimum atomic E-state index is -3.77. The number of hydrogen-bond acceptors (Lipinski definition) is 5. The molecular formula is C26H24N4O3S. The molecule has 0 bridgehead atoms. The van der Waals surface area contributed by atoms with Crippen LogP contribution in [0.15, 0.2) is 102 Å². The molecule has 0 saturated heterocycles. The molecule has 3 aromatic carbocycles. The van der Waals surface area contributed by atoms with Crippen molar-refractivity contribution < 1.29 is 13.2 Å². The van der Waals surface area contributed by atoms with Crippen LogP contribution in [-0.2, 0) is 21.4 Å². The summed E-state index contributed by atoms with van der Waals surface area (Å²) in [5.41, 5.74) is 15.9. The van der Waals surface area contributed by atoms with Crippen molar-refractivity contribution in [1.82, 2.24) is 3.97 Å². The van der Waals surface area contributed by atoms with E-state index in [0.717, 1.165) is 20.7 Å². The fourth-order valence-corrected chi connectivity index (χ4v) is 4.58. The number of para-hydroxylation sites is 2. The summed E-state index contributed by atoms with van der Waals surface area (Å²) >= 11 is 0. The van der Waals surface area contributed by atoms with E-state index >= 15 is 0 Å². The number of nitrogens with two attached hydrogens (primary N) is 2. The Labute approximate surface area is 198 Å². The number of aromatic nitrogens is 1. The lowest BCUT2D eigenvalue weighted by Gasteiger charge is -2.08. The fraction of sp³-hybridized carbons (Fsp3) is 0.0385. The van der Waals surface area contributed by atoms with Crippen LogP contribution in [0, 0.1) is 0 Å². The van der Waals surface area contributed by atoms with Crippen LogP contribution in [0.1, 0.15) is 11.1 Å². The van der Waals surface area contributed by atoms with Gasteiger partial charge in [-0.25, -0.2) is 12.4 Å². The lowest BCUT2D eigenvalue weighted by atomic mass is 10.0. The molecule has 0 fully saturated rings. The van der Waals surface area contributed by atoms with E-state index in [4.69, 9.17) is 11.5 Å². The average Bonchev–Trinajstić information content (AvgIpc) is 3.34. The van der Waals surface area contributed by atoms with Crippen molar-refractivity contribution in [2.75, 3.05) is 11.1 Å². The second-order valence-corrected chi connectivity index (χ2v) is 9.46. The van der Waals surface area contributed by atoms with Crippen molar-refractivity contribution in [3.63, 3.8) is 0 Å². The number of carbonyl (C=O) groups is 1. The van der Waals surface area contributed by atoms with Gasteiger partial charge in [0.15, 0.2) is 0 Å². The first kappa shape index (κ1) is 23.0. The number of nitrogen functional groups attached to an aromatic ring is 1. The van der Waals surface area contributed by atoms with Crippen LogP contribution in [0.4, 0.5) is 11.4 Å². The molecule has 0 aliphatic heterocycles. The number of amides is 1. The molecule has 0 aliphatic rings. The van der Waals surface area contributed by atoms with Gasteiger partial charge in [-0.05, 0) is 58.7 Å².